The van der Waals surface area contributed by atoms with Gasteiger partial charge in [-0.15, -0.1) is 0 Å². The van der Waals surface area contributed by atoms with Gasteiger partial charge in [-0.3, -0.25) is 0 Å². The van der Waals surface area contributed by atoms with Crippen molar-refractivity contribution in [1.29, 1.82) is 5.41 Å². The second kappa shape index (κ2) is 12.3. The minimum absolute atomic E-state index is 0.0289. The number of benzene rings is 1. The summed E-state index contributed by atoms with van der Waals surface area (Å²) in [4.78, 5) is 25.9. The third-order valence-corrected chi connectivity index (χ3v) is 7.18. The first-order chi connectivity index (χ1) is 18.6. The van der Waals surface area contributed by atoms with Crippen LogP contribution in [0.2, 0.25) is 0 Å². The minimum atomic E-state index is -0.505. The fourth-order valence-corrected chi connectivity index (χ4v) is 5.16. The molecule has 1 amide bonds. The number of aliphatic hydroxyl groups is 1. The van der Waals surface area contributed by atoms with Crippen molar-refractivity contribution in [1.82, 2.24) is 14.9 Å². The zero-order chi connectivity index (χ0) is 28.2. The highest BCUT2D eigenvalue weighted by molar-refractivity contribution is 5.88. The van der Waals surface area contributed by atoms with Crippen LogP contribution in [0.3, 0.4) is 0 Å². The molecule has 10 heteroatoms. The van der Waals surface area contributed by atoms with E-state index in [0.29, 0.717) is 50.9 Å². The standard InChI is InChI=1S/C29H42N6O4/c1-6-25-32-26(15-27(33-25)35-11-12-38-22(17-35)18-36)31-24-14-23(19(2)13-21(24)16-30)20-7-9-34(10-8-20)28(37)39-29(3,4)5/h13-16,20,22,30,36H,6-12,17-18H2,1-5H3,(H,31,32,33). The second-order valence-corrected chi connectivity index (χ2v) is 11.3. The number of nitrogens with one attached hydrogen (secondary N) is 2. The normalized spacial score (nSPS) is 18.7. The first-order valence-corrected chi connectivity index (χ1v) is 13.9. The summed E-state index contributed by atoms with van der Waals surface area (Å²) in [5, 5.41) is 21.1. The number of likely N-dealkylation sites (tertiary alicyclic amines) is 1. The minimum Gasteiger partial charge on any atom is -0.444 e. The number of anilines is 3. The molecule has 2 aliphatic rings. The molecule has 10 nitrogen and oxygen atoms in total. The van der Waals surface area contributed by atoms with E-state index < -0.39 is 5.60 Å². The molecule has 2 fully saturated rings. The Balaban J connectivity index is 1.54. The molecule has 39 heavy (non-hydrogen) atoms. The van der Waals surface area contributed by atoms with Gasteiger partial charge < -0.3 is 35.1 Å². The number of ether oxygens (including phenoxy) is 2. The van der Waals surface area contributed by atoms with E-state index in [2.05, 4.69) is 23.2 Å². The molecule has 3 heterocycles. The molecule has 1 unspecified atom stereocenters. The SMILES string of the molecule is CCc1nc(Nc2cc(C3CCN(C(=O)OC(C)(C)C)CC3)c(C)cc2C=N)cc(N2CCOC(CO)C2)n1. The van der Waals surface area contributed by atoms with E-state index in [1.165, 1.54) is 11.8 Å². The van der Waals surface area contributed by atoms with Crippen LogP contribution in [-0.2, 0) is 15.9 Å². The first-order valence-electron chi connectivity index (χ1n) is 13.9. The van der Waals surface area contributed by atoms with Gasteiger partial charge in [0.1, 0.15) is 23.1 Å². The molecule has 2 aromatic rings. The van der Waals surface area contributed by atoms with Crippen LogP contribution in [0.4, 0.5) is 22.1 Å². The van der Waals surface area contributed by atoms with Crippen LogP contribution < -0.4 is 10.2 Å². The molecule has 1 aromatic carbocycles. The van der Waals surface area contributed by atoms with Gasteiger partial charge in [0, 0.05) is 56.1 Å². The van der Waals surface area contributed by atoms with Crippen molar-refractivity contribution in [3.63, 3.8) is 0 Å². The van der Waals surface area contributed by atoms with Crippen molar-refractivity contribution in [2.45, 2.75) is 71.5 Å². The smallest absolute Gasteiger partial charge is 0.410 e. The Morgan fingerprint density at radius 2 is 1.97 bits per heavy atom. The van der Waals surface area contributed by atoms with Crippen LogP contribution in [0.15, 0.2) is 18.2 Å². The number of rotatable bonds is 7. The number of amides is 1. The average Bonchev–Trinajstić information content (AvgIpc) is 2.92. The molecule has 0 radical (unpaired) electrons. The summed E-state index contributed by atoms with van der Waals surface area (Å²) in [7, 11) is 0. The van der Waals surface area contributed by atoms with Gasteiger partial charge in [0.15, 0.2) is 0 Å². The van der Waals surface area contributed by atoms with E-state index in [1.54, 1.807) is 4.90 Å². The van der Waals surface area contributed by atoms with Crippen LogP contribution >= 0.6 is 0 Å². The molecular formula is C29H42N6O4. The predicted octanol–water partition coefficient (Wildman–Crippen LogP) is 4.40. The van der Waals surface area contributed by atoms with Crippen molar-refractivity contribution in [2.24, 2.45) is 0 Å². The summed E-state index contributed by atoms with van der Waals surface area (Å²) in [6.45, 7) is 12.8. The van der Waals surface area contributed by atoms with Crippen LogP contribution in [0.5, 0.6) is 0 Å². The van der Waals surface area contributed by atoms with Crippen LogP contribution in [0, 0.1) is 12.3 Å². The summed E-state index contributed by atoms with van der Waals surface area (Å²) in [5.41, 5.74) is 3.45. The van der Waals surface area contributed by atoms with E-state index in [-0.39, 0.29) is 18.8 Å². The van der Waals surface area contributed by atoms with Crippen molar-refractivity contribution < 1.29 is 19.4 Å². The Bertz CT molecular complexity index is 1170. The highest BCUT2D eigenvalue weighted by atomic mass is 16.6. The fraction of sp³-hybridized carbons (Fsp3) is 0.586. The van der Waals surface area contributed by atoms with Gasteiger partial charge in [-0.25, -0.2) is 14.8 Å². The van der Waals surface area contributed by atoms with Crippen molar-refractivity contribution in [2.75, 3.05) is 49.6 Å². The number of piperidine rings is 1. The topological polar surface area (TPSA) is 124 Å². The molecule has 0 bridgehead atoms. The lowest BCUT2D eigenvalue weighted by Crippen LogP contribution is -2.44. The molecule has 4 rings (SSSR count). The first kappa shape index (κ1) is 28.8. The number of aliphatic hydroxyl groups excluding tert-OH is 1. The summed E-state index contributed by atoms with van der Waals surface area (Å²) in [5.74, 6) is 2.49. The monoisotopic (exact) mass is 538 g/mol. The van der Waals surface area contributed by atoms with Crippen LogP contribution in [-0.4, -0.2) is 83.4 Å². The summed E-state index contributed by atoms with van der Waals surface area (Å²) < 4.78 is 11.2. The molecule has 2 aliphatic heterocycles. The number of carbonyl (C=O) groups is 1. The second-order valence-electron chi connectivity index (χ2n) is 11.3. The van der Waals surface area contributed by atoms with E-state index in [4.69, 9.17) is 24.9 Å². The van der Waals surface area contributed by atoms with Crippen molar-refractivity contribution >= 4 is 29.6 Å². The molecule has 0 aliphatic carbocycles. The predicted molar refractivity (Wildman–Crippen MR) is 153 cm³/mol. The fourth-order valence-electron chi connectivity index (χ4n) is 5.16. The molecule has 1 atom stereocenters. The number of carbonyl (C=O) groups excluding carboxylic acids is 1. The lowest BCUT2D eigenvalue weighted by atomic mass is 9.85. The number of morpholine rings is 1. The Kier molecular flexibility index (Phi) is 9.07. The third-order valence-electron chi connectivity index (χ3n) is 7.18. The highest BCUT2D eigenvalue weighted by Gasteiger charge is 2.29. The van der Waals surface area contributed by atoms with Gasteiger partial charge in [-0.05, 0) is 69.7 Å². The quantitative estimate of drug-likeness (QED) is 0.443. The van der Waals surface area contributed by atoms with Crippen molar-refractivity contribution in [3.05, 3.63) is 40.7 Å². The molecule has 0 spiro atoms. The van der Waals surface area contributed by atoms with E-state index in [0.717, 1.165) is 41.3 Å². The molecule has 1 aromatic heterocycles. The van der Waals surface area contributed by atoms with Crippen molar-refractivity contribution in [3.8, 4) is 0 Å². The van der Waals surface area contributed by atoms with Crippen LogP contribution in [0.1, 0.15) is 69.0 Å². The van der Waals surface area contributed by atoms with Gasteiger partial charge in [0.2, 0.25) is 0 Å². The third kappa shape index (κ3) is 7.24. The number of aromatic nitrogens is 2. The van der Waals surface area contributed by atoms with E-state index in [1.807, 2.05) is 39.8 Å². The van der Waals surface area contributed by atoms with Gasteiger partial charge >= 0.3 is 6.09 Å². The number of hydrogen-bond acceptors (Lipinski definition) is 9. The van der Waals surface area contributed by atoms with E-state index in [9.17, 15) is 9.90 Å². The Labute approximate surface area is 231 Å². The Hall–Kier alpha value is -3.24. The van der Waals surface area contributed by atoms with Gasteiger partial charge in [0.25, 0.3) is 0 Å². The highest BCUT2D eigenvalue weighted by Crippen LogP contribution is 2.35. The molecule has 212 valence electrons. The Morgan fingerprint density at radius 1 is 1.23 bits per heavy atom. The molecule has 2 saturated heterocycles. The van der Waals surface area contributed by atoms with Gasteiger partial charge in [-0.2, -0.15) is 0 Å². The molecule has 3 N–H and O–H groups in total. The summed E-state index contributed by atoms with van der Waals surface area (Å²) >= 11 is 0. The Morgan fingerprint density at radius 3 is 2.62 bits per heavy atom. The molecular weight excluding hydrogens is 496 g/mol. The van der Waals surface area contributed by atoms with Gasteiger partial charge in [0.05, 0.1) is 19.3 Å². The summed E-state index contributed by atoms with van der Waals surface area (Å²) in [6.07, 6.45) is 3.26. The maximum atomic E-state index is 12.5. The van der Waals surface area contributed by atoms with E-state index >= 15 is 0 Å². The lowest BCUT2D eigenvalue weighted by Gasteiger charge is -2.34. The zero-order valence-corrected chi connectivity index (χ0v) is 23.8. The maximum absolute atomic E-state index is 12.5. The number of aryl methyl sites for hydroxylation is 2. The summed E-state index contributed by atoms with van der Waals surface area (Å²) in [6, 6.07) is 6.10. The van der Waals surface area contributed by atoms with Gasteiger partial charge in [-0.1, -0.05) is 6.92 Å². The maximum Gasteiger partial charge on any atom is 0.410 e. The molecule has 0 saturated carbocycles. The lowest BCUT2D eigenvalue weighted by molar-refractivity contribution is 0.00335. The average molecular weight is 539 g/mol. The largest absolute Gasteiger partial charge is 0.444 e. The van der Waals surface area contributed by atoms with Crippen LogP contribution in [0.25, 0.3) is 0 Å². The number of hydrogen-bond donors (Lipinski definition) is 3. The number of nitrogens with zero attached hydrogens (tertiary/aromatic N) is 4. The zero-order valence-electron chi connectivity index (χ0n) is 23.8.